The van der Waals surface area contributed by atoms with Crippen LogP contribution in [0.25, 0.3) is 0 Å². The van der Waals surface area contributed by atoms with Crippen molar-refractivity contribution in [2.24, 2.45) is 0 Å². The predicted molar refractivity (Wildman–Crippen MR) is 90.7 cm³/mol. The molecule has 0 bridgehead atoms. The summed E-state index contributed by atoms with van der Waals surface area (Å²) < 4.78 is 11.5. The zero-order chi connectivity index (χ0) is 16.4. The van der Waals surface area contributed by atoms with Crippen LogP contribution in [0.2, 0.25) is 0 Å². The number of carbonyl (C=O) groups is 1. The molecule has 2 fully saturated rings. The van der Waals surface area contributed by atoms with Gasteiger partial charge in [-0.15, -0.1) is 0 Å². The van der Waals surface area contributed by atoms with E-state index >= 15 is 0 Å². The number of benzene rings is 1. The van der Waals surface area contributed by atoms with Crippen LogP contribution in [-0.4, -0.2) is 43.0 Å². The average Bonchev–Trinajstić information content (AvgIpc) is 2.96. The Morgan fingerprint density at radius 3 is 2.67 bits per heavy atom. The lowest BCUT2D eigenvalue weighted by molar-refractivity contribution is -0.181. The molecular weight excluding hydrogens is 304 g/mol. The van der Waals surface area contributed by atoms with Crippen LogP contribution in [0.4, 0.5) is 4.79 Å². The number of ether oxygens (including phenoxy) is 2. The molecule has 5 heteroatoms. The first-order chi connectivity index (χ1) is 11.8. The van der Waals surface area contributed by atoms with Gasteiger partial charge in [-0.1, -0.05) is 30.7 Å². The SMILES string of the molecule is O=C(N[C@H]1CCCCc2ccccc21)N1CCC2(CC1)OCCO2. The molecule has 1 aromatic rings. The lowest BCUT2D eigenvalue weighted by Crippen LogP contribution is -2.50. The van der Waals surface area contributed by atoms with E-state index in [2.05, 4.69) is 29.6 Å². The van der Waals surface area contributed by atoms with E-state index in [1.165, 1.54) is 17.5 Å². The van der Waals surface area contributed by atoms with Crippen LogP contribution in [0.1, 0.15) is 49.3 Å². The number of rotatable bonds is 1. The topological polar surface area (TPSA) is 50.8 Å². The molecule has 2 aliphatic heterocycles. The van der Waals surface area contributed by atoms with Gasteiger partial charge in [0.2, 0.25) is 0 Å². The second kappa shape index (κ2) is 6.73. The molecule has 2 saturated heterocycles. The summed E-state index contributed by atoms with van der Waals surface area (Å²) in [7, 11) is 0. The third-order valence-corrected chi connectivity index (χ3v) is 5.54. The van der Waals surface area contributed by atoms with Crippen LogP contribution in [0.15, 0.2) is 24.3 Å². The Labute approximate surface area is 143 Å². The molecule has 0 saturated carbocycles. The van der Waals surface area contributed by atoms with E-state index in [9.17, 15) is 4.79 Å². The fraction of sp³-hybridized carbons (Fsp3) is 0.632. The maximum Gasteiger partial charge on any atom is 0.317 e. The van der Waals surface area contributed by atoms with Gasteiger partial charge in [0.15, 0.2) is 5.79 Å². The maximum atomic E-state index is 12.7. The number of urea groups is 1. The first-order valence-electron chi connectivity index (χ1n) is 9.17. The monoisotopic (exact) mass is 330 g/mol. The van der Waals surface area contributed by atoms with E-state index in [-0.39, 0.29) is 12.1 Å². The molecule has 0 aromatic heterocycles. The number of amides is 2. The number of hydrogen-bond acceptors (Lipinski definition) is 3. The zero-order valence-corrected chi connectivity index (χ0v) is 14.1. The summed E-state index contributed by atoms with van der Waals surface area (Å²) in [5.41, 5.74) is 2.67. The molecule has 0 unspecified atom stereocenters. The molecule has 1 N–H and O–H groups in total. The first kappa shape index (κ1) is 15.9. The van der Waals surface area contributed by atoms with E-state index in [0.29, 0.717) is 26.3 Å². The van der Waals surface area contributed by atoms with Gasteiger partial charge in [-0.3, -0.25) is 0 Å². The Balaban J connectivity index is 1.39. The van der Waals surface area contributed by atoms with Crippen molar-refractivity contribution < 1.29 is 14.3 Å². The molecular formula is C19H26N2O3. The third-order valence-electron chi connectivity index (χ3n) is 5.54. The van der Waals surface area contributed by atoms with Gasteiger partial charge in [0.25, 0.3) is 0 Å². The number of piperidine rings is 1. The van der Waals surface area contributed by atoms with Gasteiger partial charge < -0.3 is 19.7 Å². The van der Waals surface area contributed by atoms with Crippen LogP contribution in [0.3, 0.4) is 0 Å². The van der Waals surface area contributed by atoms with Gasteiger partial charge in [-0.05, 0) is 30.4 Å². The third kappa shape index (κ3) is 3.15. The van der Waals surface area contributed by atoms with Crippen LogP contribution in [0.5, 0.6) is 0 Å². The van der Waals surface area contributed by atoms with E-state index in [1.807, 2.05) is 4.90 Å². The lowest BCUT2D eigenvalue weighted by Gasteiger charge is -2.38. The highest BCUT2D eigenvalue weighted by molar-refractivity contribution is 5.75. The van der Waals surface area contributed by atoms with Crippen LogP contribution in [0, 0.1) is 0 Å². The van der Waals surface area contributed by atoms with Crippen molar-refractivity contribution in [1.82, 2.24) is 10.2 Å². The number of likely N-dealkylation sites (tertiary alicyclic amines) is 1. The van der Waals surface area contributed by atoms with Gasteiger partial charge in [0.1, 0.15) is 0 Å². The Morgan fingerprint density at radius 2 is 1.88 bits per heavy atom. The minimum absolute atomic E-state index is 0.0459. The van der Waals surface area contributed by atoms with Gasteiger partial charge >= 0.3 is 6.03 Å². The van der Waals surface area contributed by atoms with Gasteiger partial charge in [0, 0.05) is 25.9 Å². The number of hydrogen-bond donors (Lipinski definition) is 1. The molecule has 1 atom stereocenters. The summed E-state index contributed by atoms with van der Waals surface area (Å²) in [5, 5.41) is 3.27. The van der Waals surface area contributed by atoms with Crippen molar-refractivity contribution in [2.45, 2.75) is 50.4 Å². The molecule has 1 spiro atoms. The van der Waals surface area contributed by atoms with Gasteiger partial charge in [0.05, 0.1) is 19.3 Å². The average molecular weight is 330 g/mol. The fourth-order valence-corrected chi connectivity index (χ4v) is 4.15. The van der Waals surface area contributed by atoms with Crippen LogP contribution < -0.4 is 5.32 Å². The molecule has 24 heavy (non-hydrogen) atoms. The highest BCUT2D eigenvalue weighted by atomic mass is 16.7. The van der Waals surface area contributed by atoms with E-state index in [0.717, 1.165) is 32.1 Å². The van der Waals surface area contributed by atoms with Crippen LogP contribution >= 0.6 is 0 Å². The highest BCUT2D eigenvalue weighted by Crippen LogP contribution is 2.32. The predicted octanol–water partition coefficient (Wildman–Crippen LogP) is 3.00. The largest absolute Gasteiger partial charge is 0.347 e. The van der Waals surface area contributed by atoms with Crippen molar-refractivity contribution >= 4 is 6.03 Å². The van der Waals surface area contributed by atoms with E-state index < -0.39 is 5.79 Å². The molecule has 5 nitrogen and oxygen atoms in total. The second-order valence-electron chi connectivity index (χ2n) is 7.04. The van der Waals surface area contributed by atoms with Crippen molar-refractivity contribution in [1.29, 1.82) is 0 Å². The molecule has 4 rings (SSSR count). The number of aryl methyl sites for hydroxylation is 1. The Hall–Kier alpha value is -1.59. The smallest absolute Gasteiger partial charge is 0.317 e. The normalized spacial score (nSPS) is 26.0. The molecule has 2 heterocycles. The molecule has 2 amide bonds. The summed E-state index contributed by atoms with van der Waals surface area (Å²) in [5.74, 6) is -0.425. The van der Waals surface area contributed by atoms with Gasteiger partial charge in [-0.25, -0.2) is 4.79 Å². The lowest BCUT2D eigenvalue weighted by atomic mass is 9.99. The second-order valence-corrected chi connectivity index (χ2v) is 7.04. The Kier molecular flexibility index (Phi) is 4.46. The minimum Gasteiger partial charge on any atom is -0.347 e. The fourth-order valence-electron chi connectivity index (χ4n) is 4.15. The highest BCUT2D eigenvalue weighted by Gasteiger charge is 2.41. The number of nitrogens with one attached hydrogen (secondary N) is 1. The van der Waals surface area contributed by atoms with Crippen molar-refractivity contribution in [2.75, 3.05) is 26.3 Å². The number of fused-ring (bicyclic) bond motifs is 1. The molecule has 3 aliphatic rings. The minimum atomic E-state index is -0.425. The van der Waals surface area contributed by atoms with E-state index in [4.69, 9.17) is 9.47 Å². The first-order valence-corrected chi connectivity index (χ1v) is 9.17. The Bertz CT molecular complexity index is 588. The van der Waals surface area contributed by atoms with Crippen molar-refractivity contribution in [3.63, 3.8) is 0 Å². The molecule has 130 valence electrons. The molecule has 1 aliphatic carbocycles. The Morgan fingerprint density at radius 1 is 1.12 bits per heavy atom. The summed E-state index contributed by atoms with van der Waals surface area (Å²) in [6.07, 6.45) is 6.02. The number of carbonyl (C=O) groups excluding carboxylic acids is 1. The van der Waals surface area contributed by atoms with Crippen molar-refractivity contribution in [3.05, 3.63) is 35.4 Å². The maximum absolute atomic E-state index is 12.7. The summed E-state index contributed by atoms with van der Waals surface area (Å²) in [4.78, 5) is 14.6. The number of nitrogens with zero attached hydrogens (tertiary/aromatic N) is 1. The van der Waals surface area contributed by atoms with Crippen LogP contribution in [-0.2, 0) is 15.9 Å². The van der Waals surface area contributed by atoms with E-state index in [1.54, 1.807) is 0 Å². The van der Waals surface area contributed by atoms with Gasteiger partial charge in [-0.2, -0.15) is 0 Å². The standard InChI is InChI=1S/C19H26N2O3/c22-18(21-11-9-19(10-12-21)23-13-14-24-19)20-17-8-4-2-6-15-5-1-3-7-16(15)17/h1,3,5,7,17H,2,4,6,8-14H2,(H,20,22)/t17-/m0/s1. The summed E-state index contributed by atoms with van der Waals surface area (Å²) in [6, 6.07) is 8.70. The van der Waals surface area contributed by atoms with Crippen molar-refractivity contribution in [3.8, 4) is 0 Å². The molecule has 0 radical (unpaired) electrons. The zero-order valence-electron chi connectivity index (χ0n) is 14.1. The quantitative estimate of drug-likeness (QED) is 0.805. The molecule has 1 aromatic carbocycles. The summed E-state index contributed by atoms with van der Waals surface area (Å²) in [6.45, 7) is 2.73. The summed E-state index contributed by atoms with van der Waals surface area (Å²) >= 11 is 0.